The Kier molecular flexibility index (Phi) is 5.00. The SMILES string of the molecule is CC(=O)c1c[nH]c(C(=O)OCCOc2cccc(Cl)c2)c1. The third kappa shape index (κ3) is 4.36. The molecule has 2 rings (SSSR count). The monoisotopic (exact) mass is 307 g/mol. The predicted octanol–water partition coefficient (Wildman–Crippen LogP) is 3.11. The maximum atomic E-state index is 11.7. The smallest absolute Gasteiger partial charge is 0.354 e. The predicted molar refractivity (Wildman–Crippen MR) is 78.0 cm³/mol. The Morgan fingerprint density at radius 2 is 2.05 bits per heavy atom. The Bertz CT molecular complexity index is 651. The van der Waals surface area contributed by atoms with Crippen LogP contribution in [0.3, 0.4) is 0 Å². The number of ketones is 1. The van der Waals surface area contributed by atoms with Crippen molar-refractivity contribution in [3.8, 4) is 5.75 Å². The number of Topliss-reactive ketones (excluding diaryl/α,β-unsaturated/α-hetero) is 1. The Labute approximate surface area is 126 Å². The van der Waals surface area contributed by atoms with Crippen molar-refractivity contribution in [3.63, 3.8) is 0 Å². The Morgan fingerprint density at radius 3 is 2.71 bits per heavy atom. The van der Waals surface area contributed by atoms with Crippen molar-refractivity contribution in [2.24, 2.45) is 0 Å². The van der Waals surface area contributed by atoms with Gasteiger partial charge in [-0.05, 0) is 31.2 Å². The number of carbonyl (C=O) groups excluding carboxylic acids is 2. The lowest BCUT2D eigenvalue weighted by molar-refractivity contribution is 0.0444. The summed E-state index contributed by atoms with van der Waals surface area (Å²) < 4.78 is 10.4. The van der Waals surface area contributed by atoms with E-state index in [4.69, 9.17) is 21.1 Å². The zero-order valence-corrected chi connectivity index (χ0v) is 12.1. The maximum absolute atomic E-state index is 11.7. The molecule has 1 aromatic heterocycles. The number of hydrogen-bond donors (Lipinski definition) is 1. The number of nitrogens with one attached hydrogen (secondary N) is 1. The molecule has 6 heteroatoms. The molecule has 0 saturated carbocycles. The number of benzene rings is 1. The van der Waals surface area contributed by atoms with Gasteiger partial charge < -0.3 is 14.5 Å². The number of halogens is 1. The van der Waals surface area contributed by atoms with Gasteiger partial charge in [-0.25, -0.2) is 4.79 Å². The van der Waals surface area contributed by atoms with E-state index in [0.717, 1.165) is 0 Å². The van der Waals surface area contributed by atoms with Crippen molar-refractivity contribution in [3.05, 3.63) is 52.8 Å². The van der Waals surface area contributed by atoms with Crippen LogP contribution >= 0.6 is 11.6 Å². The minimum Gasteiger partial charge on any atom is -0.490 e. The molecule has 0 unspecified atom stereocenters. The first-order valence-corrected chi connectivity index (χ1v) is 6.69. The largest absolute Gasteiger partial charge is 0.490 e. The van der Waals surface area contributed by atoms with Crippen LogP contribution in [0, 0.1) is 0 Å². The van der Waals surface area contributed by atoms with E-state index in [2.05, 4.69) is 4.98 Å². The Morgan fingerprint density at radius 1 is 1.24 bits per heavy atom. The minimum absolute atomic E-state index is 0.0970. The molecule has 0 atom stereocenters. The van der Waals surface area contributed by atoms with Crippen LogP contribution in [0.2, 0.25) is 5.02 Å². The van der Waals surface area contributed by atoms with Crippen LogP contribution < -0.4 is 4.74 Å². The summed E-state index contributed by atoms with van der Waals surface area (Å²) in [6.07, 6.45) is 1.47. The molecule has 1 N–H and O–H groups in total. The van der Waals surface area contributed by atoms with Gasteiger partial charge in [0.1, 0.15) is 24.7 Å². The second kappa shape index (κ2) is 6.95. The average molecular weight is 308 g/mol. The number of esters is 1. The van der Waals surface area contributed by atoms with Crippen LogP contribution in [0.5, 0.6) is 5.75 Å². The second-order valence-corrected chi connectivity index (χ2v) is 4.74. The number of carbonyl (C=O) groups is 2. The molecule has 110 valence electrons. The molecule has 0 radical (unpaired) electrons. The second-order valence-electron chi connectivity index (χ2n) is 4.30. The molecular formula is C15H14ClNO4. The highest BCUT2D eigenvalue weighted by atomic mass is 35.5. The molecule has 2 aromatic rings. The van der Waals surface area contributed by atoms with Crippen LogP contribution in [-0.4, -0.2) is 30.0 Å². The fourth-order valence-electron chi connectivity index (χ4n) is 1.64. The highest BCUT2D eigenvalue weighted by molar-refractivity contribution is 6.30. The first-order chi connectivity index (χ1) is 10.1. The van der Waals surface area contributed by atoms with Gasteiger partial charge in [0.2, 0.25) is 0 Å². The van der Waals surface area contributed by atoms with Gasteiger partial charge in [-0.2, -0.15) is 0 Å². The molecule has 0 aliphatic carbocycles. The summed E-state index contributed by atoms with van der Waals surface area (Å²) in [5, 5.41) is 0.577. The van der Waals surface area contributed by atoms with Crippen LogP contribution in [0.15, 0.2) is 36.5 Å². The molecule has 0 aliphatic rings. The third-order valence-electron chi connectivity index (χ3n) is 2.69. The first kappa shape index (κ1) is 15.1. The van der Waals surface area contributed by atoms with E-state index in [-0.39, 0.29) is 24.7 Å². The van der Waals surface area contributed by atoms with E-state index in [1.807, 2.05) is 0 Å². The third-order valence-corrected chi connectivity index (χ3v) is 2.93. The normalized spacial score (nSPS) is 10.2. The van der Waals surface area contributed by atoms with Gasteiger partial charge >= 0.3 is 5.97 Å². The number of hydrogen-bond acceptors (Lipinski definition) is 4. The van der Waals surface area contributed by atoms with Crippen molar-refractivity contribution in [1.29, 1.82) is 0 Å². The van der Waals surface area contributed by atoms with Crippen LogP contribution in [0.1, 0.15) is 27.8 Å². The fraction of sp³-hybridized carbons (Fsp3) is 0.200. The zero-order valence-electron chi connectivity index (χ0n) is 11.4. The van der Waals surface area contributed by atoms with Crippen molar-refractivity contribution in [1.82, 2.24) is 4.98 Å². The highest BCUT2D eigenvalue weighted by Crippen LogP contribution is 2.16. The van der Waals surface area contributed by atoms with E-state index in [0.29, 0.717) is 16.3 Å². The number of ether oxygens (including phenoxy) is 2. The highest BCUT2D eigenvalue weighted by Gasteiger charge is 2.11. The summed E-state index contributed by atoms with van der Waals surface area (Å²) in [6.45, 7) is 1.74. The van der Waals surface area contributed by atoms with Crippen molar-refractivity contribution in [2.45, 2.75) is 6.92 Å². The fourth-order valence-corrected chi connectivity index (χ4v) is 1.82. The van der Waals surface area contributed by atoms with Gasteiger partial charge in [0.05, 0.1) is 0 Å². The molecule has 5 nitrogen and oxygen atoms in total. The molecule has 0 spiro atoms. The minimum atomic E-state index is -0.530. The topological polar surface area (TPSA) is 68.4 Å². The number of aromatic nitrogens is 1. The Hall–Kier alpha value is -2.27. The Balaban J connectivity index is 1.77. The van der Waals surface area contributed by atoms with Crippen LogP contribution in [-0.2, 0) is 4.74 Å². The number of H-pyrrole nitrogens is 1. The number of rotatable bonds is 6. The summed E-state index contributed by atoms with van der Waals surface area (Å²) in [4.78, 5) is 25.5. The summed E-state index contributed by atoms with van der Waals surface area (Å²) in [7, 11) is 0. The van der Waals surface area contributed by atoms with Gasteiger partial charge in [-0.15, -0.1) is 0 Å². The lowest BCUT2D eigenvalue weighted by atomic mass is 10.2. The van der Waals surface area contributed by atoms with Crippen molar-refractivity contribution < 1.29 is 19.1 Å². The summed E-state index contributed by atoms with van der Waals surface area (Å²) in [5.74, 6) is -0.0379. The first-order valence-electron chi connectivity index (χ1n) is 6.31. The van der Waals surface area contributed by atoms with Gasteiger partial charge in [-0.3, -0.25) is 4.79 Å². The summed E-state index contributed by atoms with van der Waals surface area (Å²) in [6, 6.07) is 8.41. The quantitative estimate of drug-likeness (QED) is 0.506. The van der Waals surface area contributed by atoms with E-state index in [9.17, 15) is 9.59 Å². The summed E-state index contributed by atoms with van der Waals surface area (Å²) in [5.41, 5.74) is 0.681. The van der Waals surface area contributed by atoms with Crippen molar-refractivity contribution in [2.75, 3.05) is 13.2 Å². The van der Waals surface area contributed by atoms with Crippen LogP contribution in [0.25, 0.3) is 0 Å². The molecule has 0 fully saturated rings. The van der Waals surface area contributed by atoms with Crippen LogP contribution in [0.4, 0.5) is 0 Å². The molecule has 0 saturated heterocycles. The average Bonchev–Trinajstić information content (AvgIpc) is 2.93. The van der Waals surface area contributed by atoms with Gasteiger partial charge in [0.25, 0.3) is 0 Å². The summed E-state index contributed by atoms with van der Waals surface area (Å²) >= 11 is 5.82. The molecule has 0 bridgehead atoms. The molecule has 1 heterocycles. The maximum Gasteiger partial charge on any atom is 0.354 e. The number of aromatic amines is 1. The molecule has 21 heavy (non-hydrogen) atoms. The van der Waals surface area contributed by atoms with E-state index < -0.39 is 5.97 Å². The van der Waals surface area contributed by atoms with Gasteiger partial charge in [0, 0.05) is 16.8 Å². The lowest BCUT2D eigenvalue weighted by Crippen LogP contribution is -2.12. The van der Waals surface area contributed by atoms with E-state index >= 15 is 0 Å². The van der Waals surface area contributed by atoms with Crippen molar-refractivity contribution >= 4 is 23.4 Å². The molecule has 1 aromatic carbocycles. The zero-order chi connectivity index (χ0) is 15.2. The molecule has 0 amide bonds. The van der Waals surface area contributed by atoms with E-state index in [1.165, 1.54) is 19.2 Å². The van der Waals surface area contributed by atoms with Gasteiger partial charge in [-0.1, -0.05) is 17.7 Å². The molecule has 0 aliphatic heterocycles. The van der Waals surface area contributed by atoms with Gasteiger partial charge in [0.15, 0.2) is 5.78 Å². The van der Waals surface area contributed by atoms with E-state index in [1.54, 1.807) is 24.3 Å². The standard InChI is InChI=1S/C15H14ClNO4/c1-10(18)11-7-14(17-9-11)15(19)21-6-5-20-13-4-2-3-12(16)8-13/h2-4,7-9,17H,5-6H2,1H3. The lowest BCUT2D eigenvalue weighted by Gasteiger charge is -2.07. The molecular weight excluding hydrogens is 294 g/mol.